The van der Waals surface area contributed by atoms with Gasteiger partial charge in [0.2, 0.25) is 5.91 Å². The van der Waals surface area contributed by atoms with Crippen LogP contribution in [0.4, 0.5) is 10.1 Å². The van der Waals surface area contributed by atoms with Crippen molar-refractivity contribution in [2.75, 3.05) is 11.1 Å². The topological polar surface area (TPSA) is 59.8 Å². The molecule has 0 aliphatic heterocycles. The van der Waals surface area contributed by atoms with Gasteiger partial charge in [0.15, 0.2) is 11.0 Å². The van der Waals surface area contributed by atoms with Crippen LogP contribution in [0.5, 0.6) is 0 Å². The monoisotopic (exact) mass is 478 g/mol. The van der Waals surface area contributed by atoms with Gasteiger partial charge < -0.3 is 5.32 Å². The van der Waals surface area contributed by atoms with Crippen LogP contribution < -0.4 is 5.32 Å². The number of halogens is 3. The number of amides is 1. The summed E-state index contributed by atoms with van der Waals surface area (Å²) in [6, 6.07) is 11.7. The molecule has 5 nitrogen and oxygen atoms in total. The van der Waals surface area contributed by atoms with Gasteiger partial charge >= 0.3 is 0 Å². The summed E-state index contributed by atoms with van der Waals surface area (Å²) in [5.41, 5.74) is 0.919. The number of hydrogen-bond acceptors (Lipinski definition) is 4. The third kappa shape index (κ3) is 5.22. The van der Waals surface area contributed by atoms with Crippen molar-refractivity contribution in [3.8, 4) is 11.4 Å². The highest BCUT2D eigenvalue weighted by molar-refractivity contribution is 7.99. The zero-order chi connectivity index (χ0) is 21.8. The standard InChI is InChI=1S/C22H21Cl2FN4OS/c23-14-10-11-19(17(24)12-14)26-20(30)13-31-22-28-27-21(16-8-4-5-9-18(16)25)29(22)15-6-2-1-3-7-15/h4-5,8-12,15H,1-3,6-7,13H2,(H,26,30). The van der Waals surface area contributed by atoms with E-state index in [1.54, 1.807) is 36.4 Å². The zero-order valence-corrected chi connectivity index (χ0v) is 19.0. The molecule has 1 N–H and O–H groups in total. The van der Waals surface area contributed by atoms with Gasteiger partial charge in [0.1, 0.15) is 5.82 Å². The summed E-state index contributed by atoms with van der Waals surface area (Å²) in [4.78, 5) is 12.5. The largest absolute Gasteiger partial charge is 0.324 e. The molecular weight excluding hydrogens is 458 g/mol. The van der Waals surface area contributed by atoms with E-state index in [1.807, 2.05) is 4.57 Å². The normalized spacial score (nSPS) is 14.5. The Hall–Kier alpha value is -2.09. The van der Waals surface area contributed by atoms with Gasteiger partial charge in [-0.1, -0.05) is 66.4 Å². The minimum atomic E-state index is -0.335. The Morgan fingerprint density at radius 1 is 1.13 bits per heavy atom. The van der Waals surface area contributed by atoms with Crippen LogP contribution in [0.15, 0.2) is 47.6 Å². The number of rotatable bonds is 6. The number of hydrogen-bond donors (Lipinski definition) is 1. The second kappa shape index (κ2) is 10.0. The molecule has 3 aromatic rings. The molecule has 1 amide bonds. The number of carbonyl (C=O) groups excluding carboxylic acids is 1. The van der Waals surface area contributed by atoms with Crippen molar-refractivity contribution in [1.82, 2.24) is 14.8 Å². The van der Waals surface area contributed by atoms with Crippen molar-refractivity contribution in [3.63, 3.8) is 0 Å². The second-order valence-electron chi connectivity index (χ2n) is 7.41. The van der Waals surface area contributed by atoms with Gasteiger partial charge in [0, 0.05) is 11.1 Å². The smallest absolute Gasteiger partial charge is 0.234 e. The first-order valence-electron chi connectivity index (χ1n) is 10.1. The van der Waals surface area contributed by atoms with Gasteiger partial charge in [-0.25, -0.2) is 4.39 Å². The first-order valence-corrected chi connectivity index (χ1v) is 11.8. The number of carbonyl (C=O) groups is 1. The molecule has 31 heavy (non-hydrogen) atoms. The van der Waals surface area contributed by atoms with Gasteiger partial charge in [0.25, 0.3) is 0 Å². The van der Waals surface area contributed by atoms with Crippen molar-refractivity contribution in [1.29, 1.82) is 0 Å². The first-order chi connectivity index (χ1) is 15.0. The van der Waals surface area contributed by atoms with Crippen LogP contribution in [0.3, 0.4) is 0 Å². The van der Waals surface area contributed by atoms with E-state index in [0.29, 0.717) is 32.3 Å². The molecule has 162 valence electrons. The van der Waals surface area contributed by atoms with E-state index in [2.05, 4.69) is 15.5 Å². The van der Waals surface area contributed by atoms with Gasteiger partial charge in [-0.2, -0.15) is 0 Å². The predicted octanol–water partition coefficient (Wildman–Crippen LogP) is 6.63. The third-order valence-corrected chi connectivity index (χ3v) is 6.75. The molecule has 0 saturated heterocycles. The summed E-state index contributed by atoms with van der Waals surface area (Å²) >= 11 is 13.3. The molecular formula is C22H21Cl2FN4OS. The number of nitrogens with zero attached hydrogens (tertiary/aromatic N) is 3. The molecule has 4 rings (SSSR count). The van der Waals surface area contributed by atoms with Crippen molar-refractivity contribution in [3.05, 3.63) is 58.3 Å². The molecule has 1 heterocycles. The summed E-state index contributed by atoms with van der Waals surface area (Å²) in [7, 11) is 0. The van der Waals surface area contributed by atoms with Gasteiger partial charge in [-0.05, 0) is 43.2 Å². The number of thioether (sulfide) groups is 1. The molecule has 1 aliphatic rings. The molecule has 1 fully saturated rings. The lowest BCUT2D eigenvalue weighted by atomic mass is 9.95. The predicted molar refractivity (Wildman–Crippen MR) is 123 cm³/mol. The molecule has 0 atom stereocenters. The summed E-state index contributed by atoms with van der Waals surface area (Å²) in [5.74, 6) is 0.0771. The Morgan fingerprint density at radius 2 is 1.90 bits per heavy atom. The van der Waals surface area contributed by atoms with Crippen LogP contribution >= 0.6 is 35.0 Å². The van der Waals surface area contributed by atoms with Crippen LogP contribution in [-0.4, -0.2) is 26.4 Å². The second-order valence-corrected chi connectivity index (χ2v) is 9.20. The van der Waals surface area contributed by atoms with Gasteiger partial charge in [-0.15, -0.1) is 10.2 Å². The van der Waals surface area contributed by atoms with Crippen LogP contribution in [0.1, 0.15) is 38.1 Å². The van der Waals surface area contributed by atoms with Crippen molar-refractivity contribution < 1.29 is 9.18 Å². The average molecular weight is 479 g/mol. The van der Waals surface area contributed by atoms with E-state index < -0.39 is 0 Å². The lowest BCUT2D eigenvalue weighted by Crippen LogP contribution is -2.17. The Kier molecular flexibility index (Phi) is 7.15. The maximum Gasteiger partial charge on any atom is 0.234 e. The maximum absolute atomic E-state index is 14.5. The molecule has 2 aromatic carbocycles. The minimum Gasteiger partial charge on any atom is -0.324 e. The Balaban J connectivity index is 1.55. The lowest BCUT2D eigenvalue weighted by Gasteiger charge is -2.25. The minimum absolute atomic E-state index is 0.126. The zero-order valence-electron chi connectivity index (χ0n) is 16.7. The Labute approximate surface area is 194 Å². The molecule has 0 bridgehead atoms. The van der Waals surface area contributed by atoms with Crippen LogP contribution in [0, 0.1) is 5.82 Å². The van der Waals surface area contributed by atoms with Crippen LogP contribution in [-0.2, 0) is 4.79 Å². The van der Waals surface area contributed by atoms with Crippen LogP contribution in [0.25, 0.3) is 11.4 Å². The quantitative estimate of drug-likeness (QED) is 0.404. The summed E-state index contributed by atoms with van der Waals surface area (Å²) in [6.07, 6.45) is 5.39. The maximum atomic E-state index is 14.5. The SMILES string of the molecule is O=C(CSc1nnc(-c2ccccc2F)n1C1CCCCC1)Nc1ccc(Cl)cc1Cl. The average Bonchev–Trinajstić information content (AvgIpc) is 3.19. The number of aromatic nitrogens is 3. The summed E-state index contributed by atoms with van der Waals surface area (Å²) < 4.78 is 16.5. The van der Waals surface area contributed by atoms with E-state index in [4.69, 9.17) is 23.2 Å². The molecule has 0 radical (unpaired) electrons. The van der Waals surface area contributed by atoms with Crippen LogP contribution in [0.2, 0.25) is 10.0 Å². The lowest BCUT2D eigenvalue weighted by molar-refractivity contribution is -0.113. The highest BCUT2D eigenvalue weighted by Gasteiger charge is 2.25. The molecule has 0 spiro atoms. The summed E-state index contributed by atoms with van der Waals surface area (Å²) in [6.45, 7) is 0. The van der Waals surface area contributed by atoms with E-state index >= 15 is 0 Å². The number of benzene rings is 2. The van der Waals surface area contributed by atoms with Crippen molar-refractivity contribution >= 4 is 46.6 Å². The van der Waals surface area contributed by atoms with E-state index in [9.17, 15) is 9.18 Å². The third-order valence-electron chi connectivity index (χ3n) is 5.26. The van der Waals surface area contributed by atoms with E-state index in [1.165, 1.54) is 24.2 Å². The Morgan fingerprint density at radius 3 is 2.65 bits per heavy atom. The van der Waals surface area contributed by atoms with Crippen molar-refractivity contribution in [2.45, 2.75) is 43.3 Å². The van der Waals surface area contributed by atoms with Gasteiger partial charge in [-0.3, -0.25) is 9.36 Å². The molecule has 1 aliphatic carbocycles. The van der Waals surface area contributed by atoms with Crippen molar-refractivity contribution in [2.24, 2.45) is 0 Å². The fraction of sp³-hybridized carbons (Fsp3) is 0.318. The molecule has 1 aromatic heterocycles. The number of nitrogens with one attached hydrogen (secondary N) is 1. The molecule has 9 heteroatoms. The fourth-order valence-corrected chi connectivity index (χ4v) is 5.04. The van der Waals surface area contributed by atoms with Gasteiger partial charge in [0.05, 0.1) is 22.0 Å². The van der Waals surface area contributed by atoms with E-state index in [-0.39, 0.29) is 23.5 Å². The molecule has 1 saturated carbocycles. The Bertz CT molecular complexity index is 1090. The number of anilines is 1. The first kappa shape index (κ1) is 22.1. The molecule has 0 unspecified atom stereocenters. The fourth-order valence-electron chi connectivity index (χ4n) is 3.78. The highest BCUT2D eigenvalue weighted by Crippen LogP contribution is 2.36. The van der Waals surface area contributed by atoms with E-state index in [0.717, 1.165) is 25.7 Å². The summed E-state index contributed by atoms with van der Waals surface area (Å²) in [5, 5.41) is 12.9. The highest BCUT2D eigenvalue weighted by atomic mass is 35.5.